The van der Waals surface area contributed by atoms with E-state index in [1.165, 1.54) is 6.42 Å². The number of guanidine groups is 1. The van der Waals surface area contributed by atoms with Crippen LogP contribution in [0.25, 0.3) is 0 Å². The van der Waals surface area contributed by atoms with Crippen molar-refractivity contribution in [2.75, 3.05) is 39.3 Å². The summed E-state index contributed by atoms with van der Waals surface area (Å²) in [5.41, 5.74) is 0. The Morgan fingerprint density at radius 3 is 2.87 bits per heavy atom. The maximum absolute atomic E-state index is 12.3. The first kappa shape index (κ1) is 18.0. The second-order valence-electron chi connectivity index (χ2n) is 6.62. The van der Waals surface area contributed by atoms with Crippen molar-refractivity contribution in [3.8, 4) is 0 Å². The molecule has 2 atom stereocenters. The number of amides is 1. The summed E-state index contributed by atoms with van der Waals surface area (Å²) in [6.07, 6.45) is 5.37. The normalized spacial score (nSPS) is 25.5. The largest absolute Gasteiger partial charge is 0.376 e. The summed E-state index contributed by atoms with van der Waals surface area (Å²) in [4.78, 5) is 18.8. The minimum Gasteiger partial charge on any atom is -0.376 e. The van der Waals surface area contributed by atoms with Gasteiger partial charge >= 0.3 is 0 Å². The Morgan fingerprint density at radius 1 is 1.30 bits per heavy atom. The van der Waals surface area contributed by atoms with Crippen molar-refractivity contribution in [2.24, 2.45) is 10.9 Å². The van der Waals surface area contributed by atoms with Crippen LogP contribution in [-0.4, -0.2) is 62.2 Å². The summed E-state index contributed by atoms with van der Waals surface area (Å²) >= 11 is 0. The standard InChI is InChI=1S/C17H32N4O2/c1-3-18-17(20-12-15-7-5-11-23-15)19-9-8-16(22)21-10-4-6-14(2)13-21/h14-15H,3-13H2,1-2H3,(H2,18,19,20). The number of hydrogen-bond acceptors (Lipinski definition) is 3. The summed E-state index contributed by atoms with van der Waals surface area (Å²) < 4.78 is 5.59. The first-order chi connectivity index (χ1) is 11.2. The molecule has 0 aromatic rings. The lowest BCUT2D eigenvalue weighted by Gasteiger charge is -2.31. The van der Waals surface area contributed by atoms with Crippen LogP contribution in [0.2, 0.25) is 0 Å². The third-order valence-electron chi connectivity index (χ3n) is 4.46. The number of nitrogens with zero attached hydrogens (tertiary/aromatic N) is 2. The van der Waals surface area contributed by atoms with Gasteiger partial charge in [-0.1, -0.05) is 6.92 Å². The SMILES string of the molecule is CCNC(=NCC1CCCO1)NCCC(=O)N1CCCC(C)C1. The van der Waals surface area contributed by atoms with Gasteiger partial charge < -0.3 is 20.3 Å². The molecule has 2 rings (SSSR count). The zero-order valence-corrected chi connectivity index (χ0v) is 14.6. The van der Waals surface area contributed by atoms with Gasteiger partial charge in [0.2, 0.25) is 5.91 Å². The fraction of sp³-hybridized carbons (Fsp3) is 0.882. The average molecular weight is 324 g/mol. The van der Waals surface area contributed by atoms with E-state index in [1.54, 1.807) is 0 Å². The number of ether oxygens (including phenoxy) is 1. The van der Waals surface area contributed by atoms with E-state index in [1.807, 2.05) is 11.8 Å². The fourth-order valence-corrected chi connectivity index (χ4v) is 3.19. The van der Waals surface area contributed by atoms with Crippen LogP contribution in [0, 0.1) is 5.92 Å². The van der Waals surface area contributed by atoms with Crippen LogP contribution in [0.15, 0.2) is 4.99 Å². The van der Waals surface area contributed by atoms with Gasteiger partial charge in [-0.05, 0) is 38.5 Å². The van der Waals surface area contributed by atoms with Crippen molar-refractivity contribution >= 4 is 11.9 Å². The van der Waals surface area contributed by atoms with Crippen LogP contribution in [0.3, 0.4) is 0 Å². The molecule has 0 aromatic carbocycles. The van der Waals surface area contributed by atoms with Crippen molar-refractivity contribution in [1.29, 1.82) is 0 Å². The molecule has 0 radical (unpaired) electrons. The molecule has 2 aliphatic rings. The number of likely N-dealkylation sites (tertiary alicyclic amines) is 1. The van der Waals surface area contributed by atoms with Gasteiger partial charge in [-0.2, -0.15) is 0 Å². The van der Waals surface area contributed by atoms with Gasteiger partial charge in [0.05, 0.1) is 12.6 Å². The van der Waals surface area contributed by atoms with Crippen molar-refractivity contribution in [1.82, 2.24) is 15.5 Å². The van der Waals surface area contributed by atoms with E-state index >= 15 is 0 Å². The Morgan fingerprint density at radius 2 is 2.17 bits per heavy atom. The molecule has 2 aliphatic heterocycles. The highest BCUT2D eigenvalue weighted by Gasteiger charge is 2.20. The van der Waals surface area contributed by atoms with E-state index in [4.69, 9.17) is 4.74 Å². The summed E-state index contributed by atoms with van der Waals surface area (Å²) in [6, 6.07) is 0. The maximum Gasteiger partial charge on any atom is 0.224 e. The van der Waals surface area contributed by atoms with E-state index in [0.29, 0.717) is 25.4 Å². The van der Waals surface area contributed by atoms with Gasteiger partial charge in [-0.15, -0.1) is 0 Å². The van der Waals surface area contributed by atoms with Crippen LogP contribution in [0.4, 0.5) is 0 Å². The predicted octanol–water partition coefficient (Wildman–Crippen LogP) is 1.37. The number of carbonyl (C=O) groups is 1. The number of carbonyl (C=O) groups excluding carboxylic acids is 1. The third-order valence-corrected chi connectivity index (χ3v) is 4.46. The van der Waals surface area contributed by atoms with Crippen molar-refractivity contribution in [3.05, 3.63) is 0 Å². The number of rotatable bonds is 6. The number of piperidine rings is 1. The molecule has 2 fully saturated rings. The van der Waals surface area contributed by atoms with Gasteiger partial charge in [-0.25, -0.2) is 0 Å². The monoisotopic (exact) mass is 324 g/mol. The average Bonchev–Trinajstić information content (AvgIpc) is 3.06. The van der Waals surface area contributed by atoms with Gasteiger partial charge in [0.15, 0.2) is 5.96 Å². The van der Waals surface area contributed by atoms with E-state index in [9.17, 15) is 4.79 Å². The first-order valence-corrected chi connectivity index (χ1v) is 9.10. The molecule has 0 saturated carbocycles. The number of aliphatic imine (C=N–C) groups is 1. The molecule has 6 nitrogen and oxygen atoms in total. The van der Waals surface area contributed by atoms with Crippen molar-refractivity contribution < 1.29 is 9.53 Å². The summed E-state index contributed by atoms with van der Waals surface area (Å²) in [6.45, 7) is 9.07. The Balaban J connectivity index is 1.70. The molecule has 0 bridgehead atoms. The molecule has 2 saturated heterocycles. The lowest BCUT2D eigenvalue weighted by atomic mass is 10.00. The van der Waals surface area contributed by atoms with Gasteiger partial charge in [0, 0.05) is 39.2 Å². The minimum absolute atomic E-state index is 0.249. The molecule has 0 spiro atoms. The molecule has 0 aliphatic carbocycles. The van der Waals surface area contributed by atoms with Crippen LogP contribution in [0.1, 0.15) is 46.0 Å². The number of nitrogens with one attached hydrogen (secondary N) is 2. The highest BCUT2D eigenvalue weighted by molar-refractivity contribution is 5.81. The minimum atomic E-state index is 0.249. The maximum atomic E-state index is 12.3. The smallest absolute Gasteiger partial charge is 0.224 e. The summed E-state index contributed by atoms with van der Waals surface area (Å²) in [7, 11) is 0. The van der Waals surface area contributed by atoms with Crippen LogP contribution in [0.5, 0.6) is 0 Å². The van der Waals surface area contributed by atoms with E-state index in [2.05, 4.69) is 22.5 Å². The van der Waals surface area contributed by atoms with E-state index < -0.39 is 0 Å². The Kier molecular flexibility index (Phi) is 7.65. The van der Waals surface area contributed by atoms with Gasteiger partial charge in [0.1, 0.15) is 0 Å². The molecule has 2 N–H and O–H groups in total. The molecule has 0 aromatic heterocycles. The van der Waals surface area contributed by atoms with E-state index in [-0.39, 0.29) is 12.0 Å². The predicted molar refractivity (Wildman–Crippen MR) is 92.6 cm³/mol. The number of hydrogen-bond donors (Lipinski definition) is 2. The lowest BCUT2D eigenvalue weighted by molar-refractivity contribution is -0.132. The Bertz CT molecular complexity index is 394. The molecular weight excluding hydrogens is 292 g/mol. The molecule has 2 heterocycles. The van der Waals surface area contributed by atoms with Gasteiger partial charge in [-0.3, -0.25) is 9.79 Å². The molecule has 23 heavy (non-hydrogen) atoms. The quantitative estimate of drug-likeness (QED) is 0.572. The zero-order valence-electron chi connectivity index (χ0n) is 14.6. The zero-order chi connectivity index (χ0) is 16.5. The van der Waals surface area contributed by atoms with Crippen LogP contribution in [-0.2, 0) is 9.53 Å². The third kappa shape index (κ3) is 6.37. The van der Waals surface area contributed by atoms with Gasteiger partial charge in [0.25, 0.3) is 0 Å². The lowest BCUT2D eigenvalue weighted by Crippen LogP contribution is -2.42. The van der Waals surface area contributed by atoms with Crippen LogP contribution < -0.4 is 10.6 Å². The molecule has 1 amide bonds. The molecular formula is C17H32N4O2. The second-order valence-corrected chi connectivity index (χ2v) is 6.62. The molecule has 2 unspecified atom stereocenters. The van der Waals surface area contributed by atoms with Crippen LogP contribution >= 0.6 is 0 Å². The molecule has 6 heteroatoms. The summed E-state index contributed by atoms with van der Waals surface area (Å²) in [5.74, 6) is 1.66. The topological polar surface area (TPSA) is 66.0 Å². The summed E-state index contributed by atoms with van der Waals surface area (Å²) in [5, 5.41) is 6.49. The van der Waals surface area contributed by atoms with Crippen molar-refractivity contribution in [2.45, 2.75) is 52.1 Å². The fourth-order valence-electron chi connectivity index (χ4n) is 3.19. The highest BCUT2D eigenvalue weighted by atomic mass is 16.5. The Hall–Kier alpha value is -1.30. The first-order valence-electron chi connectivity index (χ1n) is 9.10. The Labute approximate surface area is 140 Å². The molecule has 132 valence electrons. The van der Waals surface area contributed by atoms with E-state index in [0.717, 1.165) is 51.5 Å². The highest BCUT2D eigenvalue weighted by Crippen LogP contribution is 2.16. The van der Waals surface area contributed by atoms with Crippen molar-refractivity contribution in [3.63, 3.8) is 0 Å². The second kappa shape index (κ2) is 9.75.